The first-order valence-electron chi connectivity index (χ1n) is 7.61. The van der Waals surface area contributed by atoms with Gasteiger partial charge in [0.05, 0.1) is 5.52 Å². The van der Waals surface area contributed by atoms with Crippen LogP contribution in [0.2, 0.25) is 0 Å². The first-order valence-corrected chi connectivity index (χ1v) is 8.83. The Bertz CT molecular complexity index is 621. The van der Waals surface area contributed by atoms with Gasteiger partial charge in [-0.15, -0.1) is 0 Å². The number of fused-ring (bicyclic) bond motifs is 1. The smallest absolute Gasteiger partial charge is 0.272 e. The van der Waals surface area contributed by atoms with Gasteiger partial charge in [-0.25, -0.2) is 4.98 Å². The lowest BCUT2D eigenvalue weighted by molar-refractivity contribution is 0.0939. The number of amides is 1. The van der Waals surface area contributed by atoms with Crippen LogP contribution in [0.25, 0.3) is 5.52 Å². The van der Waals surface area contributed by atoms with Crippen molar-refractivity contribution in [2.75, 3.05) is 19.4 Å². The van der Waals surface area contributed by atoms with E-state index >= 15 is 0 Å². The molecule has 0 bridgehead atoms. The van der Waals surface area contributed by atoms with E-state index in [4.69, 9.17) is 5.11 Å². The molecule has 0 aliphatic rings. The Labute approximate surface area is 135 Å². The Kier molecular flexibility index (Phi) is 6.27. The van der Waals surface area contributed by atoms with Gasteiger partial charge in [-0.3, -0.25) is 9.20 Å². The molecule has 6 heteroatoms. The second kappa shape index (κ2) is 8.19. The number of nitrogens with one attached hydrogen (secondary N) is 1. The third-order valence-electron chi connectivity index (χ3n) is 3.70. The predicted molar refractivity (Wildman–Crippen MR) is 89.4 cm³/mol. The van der Waals surface area contributed by atoms with Crippen LogP contribution in [-0.2, 0) is 0 Å². The van der Waals surface area contributed by atoms with E-state index in [-0.39, 0.29) is 12.5 Å². The largest absolute Gasteiger partial charge is 0.396 e. The molecule has 0 aromatic carbocycles. The van der Waals surface area contributed by atoms with Crippen LogP contribution in [-0.4, -0.2) is 39.8 Å². The maximum Gasteiger partial charge on any atom is 0.272 e. The average molecular weight is 321 g/mol. The maximum atomic E-state index is 12.4. The fourth-order valence-electron chi connectivity index (χ4n) is 2.58. The number of hydrogen-bond acceptors (Lipinski definition) is 4. The molecule has 0 aliphatic heterocycles. The van der Waals surface area contributed by atoms with Crippen LogP contribution in [0.3, 0.4) is 0 Å². The summed E-state index contributed by atoms with van der Waals surface area (Å²) < 4.78 is 1.93. The number of aliphatic hydroxyl groups excluding tert-OH is 1. The second-order valence-electron chi connectivity index (χ2n) is 5.28. The zero-order chi connectivity index (χ0) is 15.9. The van der Waals surface area contributed by atoms with Crippen molar-refractivity contribution < 1.29 is 9.90 Å². The summed E-state index contributed by atoms with van der Waals surface area (Å²) in [5.41, 5.74) is 1.28. The molecule has 2 aromatic rings. The zero-order valence-electron chi connectivity index (χ0n) is 13.1. The summed E-state index contributed by atoms with van der Waals surface area (Å²) >= 11 is 1.52. The highest BCUT2D eigenvalue weighted by molar-refractivity contribution is 7.98. The topological polar surface area (TPSA) is 66.6 Å². The fourth-order valence-corrected chi connectivity index (χ4v) is 3.12. The normalized spacial score (nSPS) is 12.5. The standard InChI is InChI=1S/C16H23N3O2S/c1-3-6-12(8-10-20)11-17-15(21)14-13-7-4-5-9-19(13)16(18-14)22-2/h4-5,7,9,12,20H,3,6,8,10-11H2,1-2H3,(H,17,21). The number of imidazole rings is 1. The quantitative estimate of drug-likeness (QED) is 0.733. The molecule has 1 atom stereocenters. The van der Waals surface area contributed by atoms with Crippen molar-refractivity contribution in [3.8, 4) is 0 Å². The highest BCUT2D eigenvalue weighted by Crippen LogP contribution is 2.20. The Hall–Kier alpha value is -1.53. The van der Waals surface area contributed by atoms with E-state index in [1.54, 1.807) is 0 Å². The van der Waals surface area contributed by atoms with Gasteiger partial charge in [-0.2, -0.15) is 0 Å². The van der Waals surface area contributed by atoms with Crippen LogP contribution in [0.4, 0.5) is 0 Å². The summed E-state index contributed by atoms with van der Waals surface area (Å²) in [6.45, 7) is 2.85. The number of pyridine rings is 1. The van der Waals surface area contributed by atoms with Crippen molar-refractivity contribution in [3.63, 3.8) is 0 Å². The highest BCUT2D eigenvalue weighted by Gasteiger charge is 2.17. The van der Waals surface area contributed by atoms with Crippen LogP contribution in [0.1, 0.15) is 36.7 Å². The molecule has 0 spiro atoms. The van der Waals surface area contributed by atoms with Crippen molar-refractivity contribution in [2.24, 2.45) is 5.92 Å². The number of rotatable bonds is 8. The van der Waals surface area contributed by atoms with E-state index in [1.807, 2.05) is 35.1 Å². The van der Waals surface area contributed by atoms with Crippen molar-refractivity contribution >= 4 is 23.2 Å². The minimum atomic E-state index is -0.150. The van der Waals surface area contributed by atoms with Crippen LogP contribution >= 0.6 is 11.8 Å². The van der Waals surface area contributed by atoms with Crippen molar-refractivity contribution in [2.45, 2.75) is 31.3 Å². The van der Waals surface area contributed by atoms with Gasteiger partial charge in [0.2, 0.25) is 0 Å². The Morgan fingerprint density at radius 2 is 2.27 bits per heavy atom. The molecule has 2 aromatic heterocycles. The molecule has 2 N–H and O–H groups in total. The molecule has 2 rings (SSSR count). The minimum Gasteiger partial charge on any atom is -0.396 e. The monoisotopic (exact) mass is 321 g/mol. The van der Waals surface area contributed by atoms with Gasteiger partial charge in [0, 0.05) is 19.3 Å². The first kappa shape index (κ1) is 16.8. The van der Waals surface area contributed by atoms with E-state index in [0.29, 0.717) is 24.6 Å². The fraction of sp³-hybridized carbons (Fsp3) is 0.500. The number of aromatic nitrogens is 2. The van der Waals surface area contributed by atoms with Crippen LogP contribution in [0, 0.1) is 5.92 Å². The molecule has 22 heavy (non-hydrogen) atoms. The maximum absolute atomic E-state index is 12.4. The third kappa shape index (κ3) is 3.81. The molecule has 1 unspecified atom stereocenters. The Balaban J connectivity index is 2.12. The summed E-state index contributed by atoms with van der Waals surface area (Å²) in [7, 11) is 0. The van der Waals surface area contributed by atoms with E-state index in [0.717, 1.165) is 23.5 Å². The first-order chi connectivity index (χ1) is 10.7. The summed E-state index contributed by atoms with van der Waals surface area (Å²) in [5.74, 6) is 0.163. The number of carbonyl (C=O) groups is 1. The molecule has 5 nitrogen and oxygen atoms in total. The van der Waals surface area contributed by atoms with E-state index < -0.39 is 0 Å². The van der Waals surface area contributed by atoms with Gasteiger partial charge in [0.15, 0.2) is 10.9 Å². The summed E-state index contributed by atoms with van der Waals surface area (Å²) in [5, 5.41) is 12.9. The number of carbonyl (C=O) groups excluding carboxylic acids is 1. The van der Waals surface area contributed by atoms with Crippen molar-refractivity contribution in [1.82, 2.24) is 14.7 Å². The zero-order valence-corrected chi connectivity index (χ0v) is 13.9. The molecule has 2 heterocycles. The molecular weight excluding hydrogens is 298 g/mol. The molecule has 0 radical (unpaired) electrons. The lowest BCUT2D eigenvalue weighted by atomic mass is 10.0. The second-order valence-corrected chi connectivity index (χ2v) is 6.05. The van der Waals surface area contributed by atoms with Crippen LogP contribution in [0.5, 0.6) is 0 Å². The molecule has 0 fully saturated rings. The van der Waals surface area contributed by atoms with Gasteiger partial charge in [0.25, 0.3) is 5.91 Å². The minimum absolute atomic E-state index is 0.150. The molecular formula is C16H23N3O2S. The molecule has 120 valence electrons. The van der Waals surface area contributed by atoms with Crippen molar-refractivity contribution in [3.05, 3.63) is 30.1 Å². The van der Waals surface area contributed by atoms with E-state index in [9.17, 15) is 4.79 Å². The molecule has 1 amide bonds. The number of aliphatic hydroxyl groups is 1. The number of nitrogens with zero attached hydrogens (tertiary/aromatic N) is 2. The van der Waals surface area contributed by atoms with Gasteiger partial charge in [-0.05, 0) is 37.1 Å². The van der Waals surface area contributed by atoms with E-state index in [2.05, 4.69) is 17.2 Å². The van der Waals surface area contributed by atoms with Crippen LogP contribution < -0.4 is 5.32 Å². The third-order valence-corrected chi connectivity index (χ3v) is 4.35. The SMILES string of the molecule is CCCC(CCO)CNC(=O)c1nc(SC)n2ccccc12. The molecule has 0 saturated heterocycles. The van der Waals surface area contributed by atoms with E-state index in [1.165, 1.54) is 11.8 Å². The molecule has 0 aliphatic carbocycles. The average Bonchev–Trinajstić information content (AvgIpc) is 2.92. The van der Waals surface area contributed by atoms with Gasteiger partial charge in [-0.1, -0.05) is 31.2 Å². The van der Waals surface area contributed by atoms with Crippen LogP contribution in [0.15, 0.2) is 29.6 Å². The summed E-state index contributed by atoms with van der Waals surface area (Å²) in [6, 6.07) is 5.73. The summed E-state index contributed by atoms with van der Waals surface area (Å²) in [4.78, 5) is 16.9. The summed E-state index contributed by atoms with van der Waals surface area (Å²) in [6.07, 6.45) is 6.62. The van der Waals surface area contributed by atoms with Gasteiger partial charge >= 0.3 is 0 Å². The number of hydrogen-bond donors (Lipinski definition) is 2. The lowest BCUT2D eigenvalue weighted by Gasteiger charge is -2.15. The Morgan fingerprint density at radius 3 is 2.95 bits per heavy atom. The molecule has 0 saturated carbocycles. The highest BCUT2D eigenvalue weighted by atomic mass is 32.2. The van der Waals surface area contributed by atoms with Gasteiger partial charge in [0.1, 0.15) is 0 Å². The lowest BCUT2D eigenvalue weighted by Crippen LogP contribution is -2.30. The predicted octanol–water partition coefficient (Wildman–Crippen LogP) is 2.58. The number of thioether (sulfide) groups is 1. The Morgan fingerprint density at radius 1 is 1.45 bits per heavy atom. The van der Waals surface area contributed by atoms with Gasteiger partial charge < -0.3 is 10.4 Å². The van der Waals surface area contributed by atoms with Crippen molar-refractivity contribution in [1.29, 1.82) is 0 Å².